The van der Waals surface area contributed by atoms with Gasteiger partial charge in [-0.15, -0.1) is 0 Å². The molecule has 2 rings (SSSR count). The van der Waals surface area contributed by atoms with E-state index in [-0.39, 0.29) is 12.1 Å². The topological polar surface area (TPSA) is 81.9 Å². The number of aromatic nitrogens is 1. The van der Waals surface area contributed by atoms with Crippen molar-refractivity contribution in [1.82, 2.24) is 9.88 Å². The Morgan fingerprint density at radius 3 is 2.57 bits per heavy atom. The fourth-order valence-electron chi connectivity index (χ4n) is 3.77. The van der Waals surface area contributed by atoms with Crippen molar-refractivity contribution in [3.63, 3.8) is 0 Å². The molecule has 7 nitrogen and oxygen atoms in total. The molecule has 202 valence electrons. The molecule has 1 aromatic heterocycles. The second kappa shape index (κ2) is 15.8. The van der Waals surface area contributed by atoms with Crippen LogP contribution in [-0.4, -0.2) is 54.7 Å². The average molecular weight is 511 g/mol. The normalized spacial score (nSPS) is 24.0. The lowest BCUT2D eigenvalue weighted by Gasteiger charge is -2.13. The van der Waals surface area contributed by atoms with E-state index in [0.29, 0.717) is 31.6 Å². The molecule has 0 aromatic carbocycles. The maximum atomic E-state index is 12.6. The Labute approximate surface area is 221 Å². The van der Waals surface area contributed by atoms with E-state index in [1.165, 1.54) is 6.08 Å². The third kappa shape index (κ3) is 13.1. The smallest absolute Gasteiger partial charge is 0.331 e. The van der Waals surface area contributed by atoms with Gasteiger partial charge in [-0.2, -0.15) is 0 Å². The van der Waals surface area contributed by atoms with Crippen molar-refractivity contribution < 1.29 is 23.5 Å². The Morgan fingerprint density at radius 2 is 1.81 bits per heavy atom. The van der Waals surface area contributed by atoms with Crippen LogP contribution in [0.3, 0.4) is 0 Å². The van der Waals surface area contributed by atoms with Crippen LogP contribution in [0.4, 0.5) is 0 Å². The molecule has 0 saturated carbocycles. The van der Waals surface area contributed by atoms with Crippen molar-refractivity contribution in [3.8, 4) is 0 Å². The lowest BCUT2D eigenvalue weighted by molar-refractivity contribution is -0.148. The largest absolute Gasteiger partial charge is 0.462 e. The van der Waals surface area contributed by atoms with E-state index < -0.39 is 12.1 Å². The van der Waals surface area contributed by atoms with Gasteiger partial charge in [0.05, 0.1) is 12.1 Å². The molecule has 37 heavy (non-hydrogen) atoms. The first-order valence-corrected chi connectivity index (χ1v) is 13.0. The van der Waals surface area contributed by atoms with Gasteiger partial charge in [0.1, 0.15) is 18.5 Å². The second-order valence-electron chi connectivity index (χ2n) is 9.95. The maximum absolute atomic E-state index is 12.6. The molecular formula is C30H42N2O5. The minimum atomic E-state index is -0.530. The van der Waals surface area contributed by atoms with Gasteiger partial charge in [-0.25, -0.2) is 9.78 Å². The van der Waals surface area contributed by atoms with E-state index in [1.54, 1.807) is 12.3 Å². The summed E-state index contributed by atoms with van der Waals surface area (Å²) >= 11 is 0. The van der Waals surface area contributed by atoms with Gasteiger partial charge in [0.2, 0.25) is 0 Å². The number of likely N-dealkylation sites (N-methyl/N-ethyl adjacent to an activating group) is 1. The maximum Gasteiger partial charge on any atom is 0.331 e. The summed E-state index contributed by atoms with van der Waals surface area (Å²) in [5.41, 5.74) is 3.95. The molecule has 0 amide bonds. The predicted octanol–water partition coefficient (Wildman–Crippen LogP) is 5.69. The molecule has 2 atom stereocenters. The van der Waals surface area contributed by atoms with Gasteiger partial charge in [0, 0.05) is 25.5 Å². The number of fused-ring (bicyclic) bond motifs is 2. The molecule has 1 aliphatic rings. The first-order chi connectivity index (χ1) is 17.6. The van der Waals surface area contributed by atoms with E-state index in [9.17, 15) is 9.59 Å². The van der Waals surface area contributed by atoms with Crippen LogP contribution in [0.25, 0.3) is 0 Å². The van der Waals surface area contributed by atoms with Crippen LogP contribution in [0.15, 0.2) is 69.9 Å². The molecule has 0 saturated heterocycles. The molecule has 2 unspecified atom stereocenters. The minimum Gasteiger partial charge on any atom is -0.462 e. The number of allylic oxidation sites excluding steroid dienone is 6. The summed E-state index contributed by atoms with van der Waals surface area (Å²) in [7, 11) is 4.06. The summed E-state index contributed by atoms with van der Waals surface area (Å²) < 4.78 is 16.9. The van der Waals surface area contributed by atoms with Gasteiger partial charge in [-0.3, -0.25) is 4.79 Å². The molecule has 0 fully saturated rings. The van der Waals surface area contributed by atoms with Gasteiger partial charge in [0.15, 0.2) is 5.89 Å². The van der Waals surface area contributed by atoms with E-state index in [4.69, 9.17) is 13.9 Å². The van der Waals surface area contributed by atoms with E-state index in [0.717, 1.165) is 41.8 Å². The number of carbonyl (C=O) groups is 2. The second-order valence-corrected chi connectivity index (χ2v) is 9.95. The Kier molecular flexibility index (Phi) is 12.8. The van der Waals surface area contributed by atoms with Crippen LogP contribution >= 0.6 is 0 Å². The summed E-state index contributed by atoms with van der Waals surface area (Å²) in [5.74, 6) is -0.136. The first-order valence-electron chi connectivity index (χ1n) is 13.0. The average Bonchev–Trinajstić information content (AvgIpc) is 3.25. The molecule has 2 bridgehead atoms. The summed E-state index contributed by atoms with van der Waals surface area (Å²) in [6.45, 7) is 8.72. The Bertz CT molecular complexity index is 1040. The van der Waals surface area contributed by atoms with Crippen molar-refractivity contribution in [1.29, 1.82) is 0 Å². The molecule has 0 spiro atoms. The number of esters is 2. The van der Waals surface area contributed by atoms with Crippen molar-refractivity contribution in [2.75, 3.05) is 20.6 Å². The number of cyclic esters (lactones) is 2. The number of hydrogen-bond acceptors (Lipinski definition) is 7. The third-order valence-electron chi connectivity index (χ3n) is 5.70. The Hall–Kier alpha value is -3.19. The number of aryl methyl sites for hydroxylation is 1. The molecule has 1 aliphatic heterocycles. The lowest BCUT2D eigenvalue weighted by atomic mass is 10.1. The standard InChI is InChI=1S/C30H42N2O5/c1-22(16-17-32(5)6)14-15-24(3)19-27-20-28-31-26(21-35-28)11-7-8-12-29(33)36-25(4)18-23(2)10-9-13-30(34)37-27/h9-10,13-16,19,21,25,27H,7-8,11-12,17-18,20H2,1-6H3/b13-9-,15-14+,22-16+,23-10+,24-19+. The SMILES string of the molecule is CC(/C=C/C(C)=C/C1Cc2nc(co2)CCCCC(=O)OC(C)C/C(C)=C/C=C\C(=O)O1)=C\CN(C)C. The minimum absolute atomic E-state index is 0.194. The van der Waals surface area contributed by atoms with Crippen molar-refractivity contribution in [2.24, 2.45) is 0 Å². The predicted molar refractivity (Wildman–Crippen MR) is 146 cm³/mol. The molecule has 0 aliphatic carbocycles. The number of hydrogen-bond donors (Lipinski definition) is 0. The van der Waals surface area contributed by atoms with Crippen molar-refractivity contribution in [3.05, 3.63) is 77.1 Å². The summed E-state index contributed by atoms with van der Waals surface area (Å²) in [6.07, 6.45) is 17.5. The van der Waals surface area contributed by atoms with Crippen molar-refractivity contribution in [2.45, 2.75) is 78.4 Å². The van der Waals surface area contributed by atoms with Crippen molar-refractivity contribution >= 4 is 11.9 Å². The molecule has 2 heterocycles. The number of carbonyl (C=O) groups excluding carboxylic acids is 2. The summed E-state index contributed by atoms with van der Waals surface area (Å²) in [5, 5.41) is 0. The van der Waals surface area contributed by atoms with Crippen LogP contribution in [0.1, 0.15) is 65.0 Å². The number of ether oxygens (including phenoxy) is 2. The Balaban J connectivity index is 2.21. The highest BCUT2D eigenvalue weighted by atomic mass is 16.5. The molecule has 0 N–H and O–H groups in total. The highest BCUT2D eigenvalue weighted by Gasteiger charge is 2.16. The molecule has 0 radical (unpaired) electrons. The number of nitrogens with zero attached hydrogens (tertiary/aromatic N) is 2. The molecule has 7 heteroatoms. The van der Waals surface area contributed by atoms with Gasteiger partial charge in [-0.05, 0) is 67.1 Å². The van der Waals surface area contributed by atoms with E-state index in [1.807, 2.05) is 59.2 Å². The zero-order valence-electron chi connectivity index (χ0n) is 23.2. The monoisotopic (exact) mass is 510 g/mol. The van der Waals surface area contributed by atoms with E-state index >= 15 is 0 Å². The number of rotatable bonds is 5. The molecule has 1 aromatic rings. The fourth-order valence-corrected chi connectivity index (χ4v) is 3.77. The molecular weight excluding hydrogens is 468 g/mol. The highest BCUT2D eigenvalue weighted by Crippen LogP contribution is 2.15. The quantitative estimate of drug-likeness (QED) is 0.372. The zero-order valence-corrected chi connectivity index (χ0v) is 23.2. The lowest BCUT2D eigenvalue weighted by Crippen LogP contribution is -2.18. The van der Waals surface area contributed by atoms with E-state index in [2.05, 4.69) is 22.9 Å². The highest BCUT2D eigenvalue weighted by molar-refractivity contribution is 5.82. The fraction of sp³-hybridized carbons (Fsp3) is 0.500. The van der Waals surface area contributed by atoms with Crippen LogP contribution in [0, 0.1) is 0 Å². The summed E-state index contributed by atoms with van der Waals surface area (Å²) in [6, 6.07) is 0. The zero-order chi connectivity index (χ0) is 27.2. The third-order valence-corrected chi connectivity index (χ3v) is 5.70. The van der Waals surface area contributed by atoms with Crippen LogP contribution < -0.4 is 0 Å². The van der Waals surface area contributed by atoms with Gasteiger partial charge < -0.3 is 18.8 Å². The van der Waals surface area contributed by atoms with Crippen LogP contribution in [0.2, 0.25) is 0 Å². The van der Waals surface area contributed by atoms with Crippen LogP contribution in [-0.2, 0) is 31.9 Å². The summed E-state index contributed by atoms with van der Waals surface area (Å²) in [4.78, 5) is 31.4. The van der Waals surface area contributed by atoms with Crippen LogP contribution in [0.5, 0.6) is 0 Å². The first kappa shape index (κ1) is 30.0. The van der Waals surface area contributed by atoms with Gasteiger partial charge >= 0.3 is 11.9 Å². The van der Waals surface area contributed by atoms with Gasteiger partial charge in [-0.1, -0.05) is 47.1 Å². The van der Waals surface area contributed by atoms with Gasteiger partial charge in [0.25, 0.3) is 0 Å². The Morgan fingerprint density at radius 1 is 1.08 bits per heavy atom. The number of oxazole rings is 1.